The fourth-order valence-electron chi connectivity index (χ4n) is 9.06. The molecule has 76 heavy (non-hydrogen) atoms. The summed E-state index contributed by atoms with van der Waals surface area (Å²) in [5.74, 6) is -5.17. The molecule has 1 aromatic heterocycles. The van der Waals surface area contributed by atoms with E-state index in [9.17, 15) is 63.6 Å². The highest BCUT2D eigenvalue weighted by atomic mass is 31.3. The van der Waals surface area contributed by atoms with Crippen molar-refractivity contribution in [1.29, 1.82) is 0 Å². The van der Waals surface area contributed by atoms with E-state index in [1.54, 1.807) is 0 Å². The van der Waals surface area contributed by atoms with Gasteiger partial charge in [-0.3, -0.25) is 28.0 Å². The summed E-state index contributed by atoms with van der Waals surface area (Å²) in [6, 6.07) is 1.18. The average molecular weight is 1120 g/mol. The summed E-state index contributed by atoms with van der Waals surface area (Å²) in [4.78, 5) is 77.9. The number of phosphoric acid groups is 2. The van der Waals surface area contributed by atoms with E-state index in [1.165, 1.54) is 56.7 Å². The van der Waals surface area contributed by atoms with E-state index in [4.69, 9.17) is 29.0 Å². The van der Waals surface area contributed by atoms with Crippen molar-refractivity contribution >= 4 is 39.2 Å². The third kappa shape index (κ3) is 27.1. The number of aliphatic hydroxyl groups is 5. The lowest BCUT2D eigenvalue weighted by Crippen LogP contribution is -2.52. The summed E-state index contributed by atoms with van der Waals surface area (Å²) in [6.45, 7) is 1.33. The summed E-state index contributed by atoms with van der Waals surface area (Å²) in [5.41, 5.74) is 4.67. The summed E-state index contributed by atoms with van der Waals surface area (Å²) in [5, 5.41) is 57.4. The van der Waals surface area contributed by atoms with Gasteiger partial charge in [0.1, 0.15) is 36.6 Å². The van der Waals surface area contributed by atoms with Crippen molar-refractivity contribution in [3.05, 3.63) is 47.1 Å². The minimum absolute atomic E-state index is 0.0500. The number of cyclic esters (lactones) is 1. The fraction of sp³-hybridized carbons (Fsp3) is 0.788. The van der Waals surface area contributed by atoms with Crippen LogP contribution in [0.1, 0.15) is 187 Å². The predicted molar refractivity (Wildman–Crippen MR) is 282 cm³/mol. The molecular formula is C52H89N3O19P2. The lowest BCUT2D eigenvalue weighted by atomic mass is 9.82. The number of phosphoric ester groups is 2. The lowest BCUT2D eigenvalue weighted by molar-refractivity contribution is -0.196. The van der Waals surface area contributed by atoms with Gasteiger partial charge in [-0.2, -0.15) is 9.29 Å². The number of fused-ring (bicyclic) bond motifs is 3. The number of nitrogen functional groups attached to an aromatic ring is 1. The zero-order valence-electron chi connectivity index (χ0n) is 44.6. The van der Waals surface area contributed by atoms with Gasteiger partial charge in [-0.05, 0) is 57.4 Å². The zero-order valence-corrected chi connectivity index (χ0v) is 46.4. The Balaban J connectivity index is 1.74. The Morgan fingerprint density at radius 1 is 0.816 bits per heavy atom. The Morgan fingerprint density at radius 3 is 2.05 bits per heavy atom. The molecule has 2 saturated heterocycles. The molecular weight excluding hydrogens is 1030 g/mol. The van der Waals surface area contributed by atoms with E-state index in [0.29, 0.717) is 19.3 Å². The number of unbranched alkanes of at least 4 members (excludes halogenated alkanes) is 15. The fourth-order valence-corrected chi connectivity index (χ4v) is 11.2. The van der Waals surface area contributed by atoms with Crippen molar-refractivity contribution in [3.63, 3.8) is 0 Å². The molecule has 0 saturated carbocycles. The van der Waals surface area contributed by atoms with Gasteiger partial charge < -0.3 is 55.3 Å². The second-order valence-corrected chi connectivity index (χ2v) is 23.1. The van der Waals surface area contributed by atoms with Gasteiger partial charge in [-0.15, -0.1) is 0 Å². The molecule has 2 bridgehead atoms. The van der Waals surface area contributed by atoms with Gasteiger partial charge in [0, 0.05) is 50.1 Å². The molecule has 0 amide bonds. The molecule has 436 valence electrons. The number of rotatable bonds is 26. The van der Waals surface area contributed by atoms with Crippen molar-refractivity contribution in [2.45, 2.75) is 230 Å². The van der Waals surface area contributed by atoms with E-state index < -0.39 is 133 Å². The third-order valence-electron chi connectivity index (χ3n) is 13.5. The van der Waals surface area contributed by atoms with Gasteiger partial charge in [0.15, 0.2) is 6.10 Å². The molecule has 22 nitrogen and oxygen atoms in total. The number of anilines is 1. The van der Waals surface area contributed by atoms with Gasteiger partial charge >= 0.3 is 33.3 Å². The van der Waals surface area contributed by atoms with Crippen LogP contribution in [0.4, 0.5) is 5.82 Å². The number of aliphatic hydroxyl groups excluding tert-OH is 5. The van der Waals surface area contributed by atoms with Crippen molar-refractivity contribution in [2.24, 2.45) is 11.8 Å². The number of nitrogens with two attached hydrogens (primary N) is 1. The Labute approximate surface area is 448 Å². The minimum atomic E-state index is -5.76. The number of esters is 2. The van der Waals surface area contributed by atoms with E-state index in [2.05, 4.69) is 28.4 Å². The number of nitrogens with zero attached hydrogens (tertiary/aromatic N) is 2. The van der Waals surface area contributed by atoms with E-state index in [-0.39, 0.29) is 37.9 Å². The molecule has 2 aliphatic rings. The molecule has 2 unspecified atom stereocenters. The Hall–Kier alpha value is -3.21. The van der Waals surface area contributed by atoms with E-state index in [0.717, 1.165) is 75.0 Å². The highest BCUT2D eigenvalue weighted by Gasteiger charge is 2.45. The van der Waals surface area contributed by atoms with Crippen LogP contribution in [0.3, 0.4) is 0 Å². The third-order valence-corrected chi connectivity index (χ3v) is 16.1. The van der Waals surface area contributed by atoms with Gasteiger partial charge in [-0.1, -0.05) is 122 Å². The topological polar surface area (TPSA) is 343 Å². The van der Waals surface area contributed by atoms with Crippen LogP contribution >= 0.6 is 15.6 Å². The average Bonchev–Trinajstić information content (AvgIpc) is 3.35. The van der Waals surface area contributed by atoms with Crippen molar-refractivity contribution in [2.75, 3.05) is 25.6 Å². The van der Waals surface area contributed by atoms with Gasteiger partial charge in [0.05, 0.1) is 37.6 Å². The number of carbonyl (C=O) groups excluding carboxylic acids is 3. The van der Waals surface area contributed by atoms with Gasteiger partial charge in [0.25, 0.3) is 0 Å². The summed E-state index contributed by atoms with van der Waals surface area (Å²) >= 11 is 0. The number of hydrogen-bond donors (Lipinski definition) is 8. The first-order valence-electron chi connectivity index (χ1n) is 27.5. The van der Waals surface area contributed by atoms with Crippen molar-refractivity contribution < 1.29 is 86.4 Å². The maximum atomic E-state index is 13.7. The first-order valence-corrected chi connectivity index (χ1v) is 30.5. The normalized spacial score (nSPS) is 29.6. The van der Waals surface area contributed by atoms with Crippen LogP contribution < -0.4 is 11.4 Å². The monoisotopic (exact) mass is 1120 g/mol. The highest BCUT2D eigenvalue weighted by Crippen LogP contribution is 2.60. The van der Waals surface area contributed by atoms with Crippen molar-refractivity contribution in [1.82, 2.24) is 9.55 Å². The molecule has 0 aromatic carbocycles. The van der Waals surface area contributed by atoms with Gasteiger partial charge in [0.2, 0.25) is 0 Å². The number of aromatic nitrogens is 2. The summed E-state index contributed by atoms with van der Waals surface area (Å²) in [6.07, 6.45) is 12.0. The summed E-state index contributed by atoms with van der Waals surface area (Å²) < 4.78 is 58.8. The Morgan fingerprint density at radius 2 is 1.41 bits per heavy atom. The van der Waals surface area contributed by atoms with E-state index >= 15 is 0 Å². The Kier molecular flexibility index (Phi) is 32.5. The number of carbonyl (C=O) groups is 3. The quantitative estimate of drug-likeness (QED) is 0.0194. The number of ketones is 1. The lowest BCUT2D eigenvalue weighted by Gasteiger charge is -2.40. The molecule has 0 spiro atoms. The van der Waals surface area contributed by atoms with Gasteiger partial charge in [-0.25, -0.2) is 13.9 Å². The van der Waals surface area contributed by atoms with Crippen LogP contribution in [0, 0.1) is 11.8 Å². The maximum absolute atomic E-state index is 13.7. The van der Waals surface area contributed by atoms with E-state index in [1.807, 2.05) is 6.92 Å². The van der Waals surface area contributed by atoms with Crippen LogP contribution in [-0.2, 0) is 51.1 Å². The van der Waals surface area contributed by atoms with Crippen LogP contribution in [-0.4, -0.2) is 125 Å². The molecule has 24 heteroatoms. The van der Waals surface area contributed by atoms with Crippen LogP contribution in [0.25, 0.3) is 0 Å². The number of Topliss-reactive ketones (excluding diaryl/α,β-unsaturated/α-hetero) is 1. The number of ether oxygens (including phenoxy) is 3. The number of allylic oxidation sites excluding steroid dienone is 2. The molecule has 0 aliphatic carbocycles. The minimum Gasteiger partial charge on any atom is -0.462 e. The van der Waals surface area contributed by atoms with Crippen LogP contribution in [0.2, 0.25) is 0 Å². The molecule has 2 fully saturated rings. The zero-order chi connectivity index (χ0) is 55.9. The van der Waals surface area contributed by atoms with Crippen LogP contribution in [0.5, 0.6) is 0 Å². The largest absolute Gasteiger partial charge is 0.481 e. The highest BCUT2D eigenvalue weighted by molar-refractivity contribution is 7.61. The maximum Gasteiger partial charge on any atom is 0.481 e. The second kappa shape index (κ2) is 36.9. The standard InChI is InChI=1S/C52H89N3O19P2/c1-3-5-7-8-9-10-11-12-13-14-15-16-17-18-19-20-22-27-47(60)69-35-40-36-70-75(65,66)74-76(67,68)71-37-45-50(63)49(62)41(30-29-38(56)25-21-6-4-2)43(58)34-44(59)42(33-39(57)26-23-24-28-48(61)72-40)51(73-45)55-32-31-46(53)54-52(55)64/h12-13,29-32,38,40-45,49-51,56,58-59,62-63H,3-11,14-28,33-37H2,1-2H3,(H,65,66)(H,67,68)(H2,53,54,64)/b13-12-,30-29-/t38-,40+,41-,42-,43+,44-,45+,49-,50+,51+/m0/s1. The molecule has 2 aliphatic heterocycles. The van der Waals surface area contributed by atoms with Crippen LogP contribution in [0.15, 0.2) is 41.4 Å². The molecule has 9 N–H and O–H groups in total. The first-order chi connectivity index (χ1) is 36.3. The number of hydrogen-bond acceptors (Lipinski definition) is 19. The molecule has 12 atom stereocenters. The molecule has 1 aromatic rings. The van der Waals surface area contributed by atoms with Crippen molar-refractivity contribution in [3.8, 4) is 0 Å². The first kappa shape index (κ1) is 67.1. The Bertz CT molecular complexity index is 2060. The molecule has 0 radical (unpaired) electrons. The molecule has 3 rings (SSSR count). The molecule has 3 heterocycles. The smallest absolute Gasteiger partial charge is 0.462 e. The summed E-state index contributed by atoms with van der Waals surface area (Å²) in [7, 11) is -11.4. The SMILES string of the molecule is CCCCCCCC/C=C\CCCCCCCCCC(=O)OC[C@@H]1COP(=O)(O)OP(=O)(O)OC[C@H]2O[C@@H](n3ccc(N)nc3=O)[C@@H](CC(=O)CCCCC(=O)O1)[C@@H](O)C[C@@H](O)[C@H](/C=C\[C@@H](O)CCCCC)[C@H](O)[C@@H]2O. The predicted octanol–water partition coefficient (Wildman–Crippen LogP) is 7.34. The second-order valence-electron chi connectivity index (χ2n) is 20.0.